The number of aromatic nitrogens is 1. The number of aliphatic carboxylic acids is 1. The Kier molecular flexibility index (Phi) is 9.36. The number of hydrogen-bond acceptors (Lipinski definition) is 3. The van der Waals surface area contributed by atoms with Gasteiger partial charge in [0.25, 0.3) is 0 Å². The number of halogens is 2. The molecular weight excluding hydrogens is 239 g/mol. The largest absolute Gasteiger partial charge is 0.481 e. The maximum Gasteiger partial charge on any atom is 0.304 e. The summed E-state index contributed by atoms with van der Waals surface area (Å²) >= 11 is 0. The van der Waals surface area contributed by atoms with Crippen molar-refractivity contribution in [3.63, 3.8) is 0 Å². The molecule has 0 aliphatic rings. The van der Waals surface area contributed by atoms with Crippen LogP contribution in [0.4, 0.5) is 0 Å². The SMILES string of the molecule is Cl.Cl.NC(CC(=O)O)Cc1cccnc1. The number of nitrogens with two attached hydrogens (primary N) is 1. The fourth-order valence-corrected chi connectivity index (χ4v) is 1.12. The molecule has 0 aliphatic heterocycles. The Hall–Kier alpha value is -0.840. The summed E-state index contributed by atoms with van der Waals surface area (Å²) in [5.41, 5.74) is 6.57. The summed E-state index contributed by atoms with van der Waals surface area (Å²) in [6, 6.07) is 3.36. The van der Waals surface area contributed by atoms with Gasteiger partial charge in [0, 0.05) is 18.4 Å². The lowest BCUT2D eigenvalue weighted by Gasteiger charge is -2.07. The Bertz CT molecular complexity index is 283. The van der Waals surface area contributed by atoms with Crippen molar-refractivity contribution in [2.45, 2.75) is 18.9 Å². The Balaban J connectivity index is 0. The number of nitrogens with zero attached hydrogens (tertiary/aromatic N) is 1. The molecule has 1 heterocycles. The van der Waals surface area contributed by atoms with Gasteiger partial charge in [-0.15, -0.1) is 24.8 Å². The van der Waals surface area contributed by atoms with Crippen LogP contribution in [0.25, 0.3) is 0 Å². The molecule has 0 bridgehead atoms. The monoisotopic (exact) mass is 252 g/mol. The van der Waals surface area contributed by atoms with Crippen molar-refractivity contribution in [3.05, 3.63) is 30.1 Å². The van der Waals surface area contributed by atoms with Crippen molar-refractivity contribution < 1.29 is 9.90 Å². The van der Waals surface area contributed by atoms with Crippen LogP contribution in [0.2, 0.25) is 0 Å². The molecule has 0 saturated carbocycles. The molecule has 1 aromatic heterocycles. The van der Waals surface area contributed by atoms with Crippen LogP contribution < -0.4 is 5.73 Å². The first-order valence-corrected chi connectivity index (χ1v) is 4.05. The molecule has 1 aromatic rings. The van der Waals surface area contributed by atoms with Gasteiger partial charge in [-0.25, -0.2) is 0 Å². The zero-order valence-electron chi connectivity index (χ0n) is 8.00. The third-order valence-corrected chi connectivity index (χ3v) is 1.66. The fraction of sp³-hybridized carbons (Fsp3) is 0.333. The van der Waals surface area contributed by atoms with Gasteiger partial charge < -0.3 is 10.8 Å². The van der Waals surface area contributed by atoms with Crippen molar-refractivity contribution in [2.24, 2.45) is 5.73 Å². The van der Waals surface area contributed by atoms with Gasteiger partial charge in [0.2, 0.25) is 0 Å². The summed E-state index contributed by atoms with van der Waals surface area (Å²) in [6.45, 7) is 0. The van der Waals surface area contributed by atoms with E-state index in [0.29, 0.717) is 6.42 Å². The van der Waals surface area contributed by atoms with E-state index in [2.05, 4.69) is 4.98 Å². The molecule has 4 nitrogen and oxygen atoms in total. The fourth-order valence-electron chi connectivity index (χ4n) is 1.12. The summed E-state index contributed by atoms with van der Waals surface area (Å²) in [7, 11) is 0. The Morgan fingerprint density at radius 1 is 1.53 bits per heavy atom. The zero-order chi connectivity index (χ0) is 9.68. The van der Waals surface area contributed by atoms with Crippen molar-refractivity contribution in [1.82, 2.24) is 4.98 Å². The Morgan fingerprint density at radius 2 is 2.20 bits per heavy atom. The lowest BCUT2D eigenvalue weighted by Crippen LogP contribution is -2.26. The average molecular weight is 253 g/mol. The Morgan fingerprint density at radius 3 is 2.67 bits per heavy atom. The van der Waals surface area contributed by atoms with Gasteiger partial charge in [-0.2, -0.15) is 0 Å². The van der Waals surface area contributed by atoms with Crippen molar-refractivity contribution in [2.75, 3.05) is 0 Å². The normalized spacial score (nSPS) is 10.7. The highest BCUT2D eigenvalue weighted by molar-refractivity contribution is 5.85. The second-order valence-corrected chi connectivity index (χ2v) is 2.92. The highest BCUT2D eigenvalue weighted by atomic mass is 35.5. The van der Waals surface area contributed by atoms with E-state index in [9.17, 15) is 4.79 Å². The minimum atomic E-state index is -0.864. The topological polar surface area (TPSA) is 76.2 Å². The molecule has 86 valence electrons. The van der Waals surface area contributed by atoms with E-state index in [1.807, 2.05) is 12.1 Å². The van der Waals surface area contributed by atoms with Crippen molar-refractivity contribution >= 4 is 30.8 Å². The van der Waals surface area contributed by atoms with Gasteiger partial charge >= 0.3 is 5.97 Å². The number of rotatable bonds is 4. The van der Waals surface area contributed by atoms with Crippen LogP contribution in [-0.2, 0) is 11.2 Å². The number of hydrogen-bond donors (Lipinski definition) is 2. The standard InChI is InChI=1S/C9H12N2O2.2ClH/c10-8(5-9(12)13)4-7-2-1-3-11-6-7;;/h1-3,6,8H,4-5,10H2,(H,12,13);2*1H. The van der Waals surface area contributed by atoms with E-state index in [1.54, 1.807) is 12.4 Å². The quantitative estimate of drug-likeness (QED) is 0.847. The second kappa shape index (κ2) is 8.47. The molecule has 0 saturated heterocycles. The highest BCUT2D eigenvalue weighted by Crippen LogP contribution is 2.01. The highest BCUT2D eigenvalue weighted by Gasteiger charge is 2.08. The molecule has 0 fully saturated rings. The number of carboxylic acids is 1. The predicted octanol–water partition coefficient (Wildman–Crippen LogP) is 1.27. The maximum absolute atomic E-state index is 10.3. The summed E-state index contributed by atoms with van der Waals surface area (Å²) < 4.78 is 0. The lowest BCUT2D eigenvalue weighted by molar-refractivity contribution is -0.137. The van der Waals surface area contributed by atoms with E-state index >= 15 is 0 Å². The third-order valence-electron chi connectivity index (χ3n) is 1.66. The molecular formula is C9H14Cl2N2O2. The van der Waals surface area contributed by atoms with E-state index in [4.69, 9.17) is 10.8 Å². The average Bonchev–Trinajstić information content (AvgIpc) is 2.04. The summed E-state index contributed by atoms with van der Waals surface area (Å²) in [5.74, 6) is -0.864. The van der Waals surface area contributed by atoms with Gasteiger partial charge in [0.15, 0.2) is 0 Å². The van der Waals surface area contributed by atoms with Crippen molar-refractivity contribution in [3.8, 4) is 0 Å². The molecule has 1 atom stereocenters. The molecule has 0 radical (unpaired) electrons. The van der Waals surface area contributed by atoms with Gasteiger partial charge in [-0.3, -0.25) is 9.78 Å². The smallest absolute Gasteiger partial charge is 0.304 e. The van der Waals surface area contributed by atoms with Gasteiger partial charge in [0.1, 0.15) is 0 Å². The summed E-state index contributed by atoms with van der Waals surface area (Å²) in [5, 5.41) is 8.47. The van der Waals surface area contributed by atoms with Crippen LogP contribution in [-0.4, -0.2) is 22.1 Å². The first-order valence-electron chi connectivity index (χ1n) is 4.05. The van der Waals surface area contributed by atoms with E-state index in [0.717, 1.165) is 5.56 Å². The number of pyridine rings is 1. The van der Waals surface area contributed by atoms with Gasteiger partial charge in [-0.1, -0.05) is 6.07 Å². The van der Waals surface area contributed by atoms with E-state index in [1.165, 1.54) is 0 Å². The van der Waals surface area contributed by atoms with Crippen LogP contribution >= 0.6 is 24.8 Å². The van der Waals surface area contributed by atoms with Crippen LogP contribution in [0, 0.1) is 0 Å². The molecule has 0 spiro atoms. The van der Waals surface area contributed by atoms with Crippen LogP contribution in [0.1, 0.15) is 12.0 Å². The van der Waals surface area contributed by atoms with Gasteiger partial charge in [-0.05, 0) is 18.1 Å². The molecule has 1 rings (SSSR count). The molecule has 15 heavy (non-hydrogen) atoms. The molecule has 1 unspecified atom stereocenters. The molecule has 0 aliphatic carbocycles. The molecule has 0 aromatic carbocycles. The first-order chi connectivity index (χ1) is 6.18. The van der Waals surface area contributed by atoms with E-state index in [-0.39, 0.29) is 37.3 Å². The molecule has 3 N–H and O–H groups in total. The zero-order valence-corrected chi connectivity index (χ0v) is 9.63. The van der Waals surface area contributed by atoms with Crippen LogP contribution in [0.3, 0.4) is 0 Å². The minimum absolute atomic E-state index is 0. The maximum atomic E-state index is 10.3. The van der Waals surface area contributed by atoms with Crippen molar-refractivity contribution in [1.29, 1.82) is 0 Å². The van der Waals surface area contributed by atoms with Gasteiger partial charge in [0.05, 0.1) is 6.42 Å². The third kappa shape index (κ3) is 7.13. The summed E-state index contributed by atoms with van der Waals surface area (Å²) in [4.78, 5) is 14.2. The summed E-state index contributed by atoms with van der Waals surface area (Å²) in [6.07, 6.45) is 3.92. The Labute approximate surface area is 101 Å². The second-order valence-electron chi connectivity index (χ2n) is 2.92. The minimum Gasteiger partial charge on any atom is -0.481 e. The predicted molar refractivity (Wildman–Crippen MR) is 62.7 cm³/mol. The van der Waals surface area contributed by atoms with Crippen LogP contribution in [0.5, 0.6) is 0 Å². The first kappa shape index (κ1) is 16.6. The number of carbonyl (C=O) groups is 1. The van der Waals surface area contributed by atoms with Crippen LogP contribution in [0.15, 0.2) is 24.5 Å². The van der Waals surface area contributed by atoms with E-state index < -0.39 is 5.97 Å². The molecule has 6 heteroatoms. The molecule has 0 amide bonds. The lowest BCUT2D eigenvalue weighted by atomic mass is 10.1. The number of carboxylic acid groups (broad SMARTS) is 1.